The lowest BCUT2D eigenvalue weighted by Gasteiger charge is -2.11. The Morgan fingerprint density at radius 2 is 2.35 bits per heavy atom. The lowest BCUT2D eigenvalue weighted by molar-refractivity contribution is 0.573. The largest absolute Gasteiger partial charge is 0.354 e. The predicted octanol–water partition coefficient (Wildman–Crippen LogP) is 0.852. The molecule has 90 valence electrons. The molecule has 17 heavy (non-hydrogen) atoms. The summed E-state index contributed by atoms with van der Waals surface area (Å²) in [7, 11) is 2.04. The molecule has 0 radical (unpaired) electrons. The third-order valence-corrected chi connectivity index (χ3v) is 3.22. The molecular weight excluding hydrogens is 214 g/mol. The van der Waals surface area contributed by atoms with Crippen LogP contribution in [0.25, 0.3) is 11.0 Å². The molecule has 0 saturated carbocycles. The van der Waals surface area contributed by atoms with Crippen molar-refractivity contribution in [1.82, 2.24) is 20.4 Å². The molecule has 1 fully saturated rings. The highest BCUT2D eigenvalue weighted by molar-refractivity contribution is 5.78. The van der Waals surface area contributed by atoms with Gasteiger partial charge in [-0.25, -0.2) is 4.98 Å². The number of hydrogen-bond donors (Lipinski definition) is 3. The number of para-hydroxylation sites is 2. The minimum atomic E-state index is 0.481. The number of hydrazine groups is 1. The third kappa shape index (κ3) is 1.99. The molecular formula is C12H17N5. The van der Waals surface area contributed by atoms with E-state index in [4.69, 9.17) is 0 Å². The van der Waals surface area contributed by atoms with E-state index in [0.717, 1.165) is 36.5 Å². The standard InChI is InChI=1S/C12H17N5/c1-17-11-5-3-2-4-10(11)15-12(17)13-8-9-6-7-14-16-9/h2-5,9,14,16H,6-8H2,1H3,(H,13,15). The van der Waals surface area contributed by atoms with E-state index in [2.05, 4.69) is 31.8 Å². The van der Waals surface area contributed by atoms with Gasteiger partial charge in [0.1, 0.15) is 0 Å². The maximum absolute atomic E-state index is 4.58. The van der Waals surface area contributed by atoms with Crippen molar-refractivity contribution in [3.05, 3.63) is 24.3 Å². The maximum Gasteiger partial charge on any atom is 0.203 e. The Hall–Kier alpha value is -1.59. The van der Waals surface area contributed by atoms with Gasteiger partial charge in [0.05, 0.1) is 11.0 Å². The SMILES string of the molecule is Cn1c(NCC2CCNN2)nc2ccccc21. The first-order valence-corrected chi connectivity index (χ1v) is 5.98. The van der Waals surface area contributed by atoms with Crippen molar-refractivity contribution in [3.63, 3.8) is 0 Å². The van der Waals surface area contributed by atoms with Crippen molar-refractivity contribution in [1.29, 1.82) is 0 Å². The van der Waals surface area contributed by atoms with Crippen molar-refractivity contribution < 1.29 is 0 Å². The van der Waals surface area contributed by atoms with Crippen LogP contribution in [0.5, 0.6) is 0 Å². The number of nitrogens with one attached hydrogen (secondary N) is 3. The summed E-state index contributed by atoms with van der Waals surface area (Å²) < 4.78 is 2.09. The predicted molar refractivity (Wildman–Crippen MR) is 68.7 cm³/mol. The first kappa shape index (κ1) is 10.6. The lowest BCUT2D eigenvalue weighted by Crippen LogP contribution is -2.35. The Labute approximate surface area is 100 Å². The van der Waals surface area contributed by atoms with Crippen LogP contribution in [0, 0.1) is 0 Å². The summed E-state index contributed by atoms with van der Waals surface area (Å²) >= 11 is 0. The van der Waals surface area contributed by atoms with Crippen LogP contribution in [0.3, 0.4) is 0 Å². The van der Waals surface area contributed by atoms with Gasteiger partial charge in [-0.15, -0.1) is 0 Å². The van der Waals surface area contributed by atoms with Crippen LogP contribution >= 0.6 is 0 Å². The van der Waals surface area contributed by atoms with Crippen molar-refractivity contribution in [3.8, 4) is 0 Å². The second-order valence-corrected chi connectivity index (χ2v) is 4.42. The summed E-state index contributed by atoms with van der Waals surface area (Å²) in [6.07, 6.45) is 1.15. The van der Waals surface area contributed by atoms with Gasteiger partial charge in [0.25, 0.3) is 0 Å². The van der Waals surface area contributed by atoms with Gasteiger partial charge in [-0.3, -0.25) is 10.9 Å². The molecule has 0 spiro atoms. The first-order valence-electron chi connectivity index (χ1n) is 5.98. The van der Waals surface area contributed by atoms with Crippen molar-refractivity contribution >= 4 is 17.0 Å². The van der Waals surface area contributed by atoms with Crippen molar-refractivity contribution in [2.45, 2.75) is 12.5 Å². The minimum Gasteiger partial charge on any atom is -0.354 e. The maximum atomic E-state index is 4.58. The molecule has 2 aromatic rings. The van der Waals surface area contributed by atoms with Crippen LogP contribution < -0.4 is 16.2 Å². The highest BCUT2D eigenvalue weighted by Crippen LogP contribution is 2.17. The smallest absolute Gasteiger partial charge is 0.203 e. The molecule has 1 aliphatic rings. The molecule has 0 bridgehead atoms. The Bertz CT molecular complexity index is 513. The van der Waals surface area contributed by atoms with Crippen LogP contribution in [0.1, 0.15) is 6.42 Å². The third-order valence-electron chi connectivity index (χ3n) is 3.22. The van der Waals surface area contributed by atoms with E-state index in [-0.39, 0.29) is 0 Å². The number of hydrogen-bond acceptors (Lipinski definition) is 4. The Balaban J connectivity index is 1.78. The van der Waals surface area contributed by atoms with E-state index in [9.17, 15) is 0 Å². The number of anilines is 1. The number of rotatable bonds is 3. The van der Waals surface area contributed by atoms with Gasteiger partial charge in [-0.1, -0.05) is 12.1 Å². The molecule has 1 aliphatic heterocycles. The summed E-state index contributed by atoms with van der Waals surface area (Å²) in [5, 5.41) is 3.39. The molecule has 1 unspecified atom stereocenters. The average molecular weight is 231 g/mol. The molecule has 5 heteroatoms. The van der Waals surface area contributed by atoms with Gasteiger partial charge >= 0.3 is 0 Å². The van der Waals surface area contributed by atoms with Crippen molar-refractivity contribution in [2.75, 3.05) is 18.4 Å². The highest BCUT2D eigenvalue weighted by atomic mass is 15.4. The fourth-order valence-corrected chi connectivity index (χ4v) is 2.21. The van der Waals surface area contributed by atoms with E-state index in [1.54, 1.807) is 0 Å². The molecule has 1 saturated heterocycles. The number of aryl methyl sites for hydroxylation is 1. The van der Waals surface area contributed by atoms with Gasteiger partial charge in [0, 0.05) is 26.2 Å². The van der Waals surface area contributed by atoms with Crippen LogP contribution in [0.15, 0.2) is 24.3 Å². The van der Waals surface area contributed by atoms with Gasteiger partial charge in [0.15, 0.2) is 0 Å². The Morgan fingerprint density at radius 3 is 3.12 bits per heavy atom. The van der Waals surface area contributed by atoms with E-state index in [1.807, 2.05) is 25.2 Å². The molecule has 1 atom stereocenters. The number of benzene rings is 1. The van der Waals surface area contributed by atoms with Gasteiger partial charge < -0.3 is 9.88 Å². The molecule has 5 nitrogen and oxygen atoms in total. The minimum absolute atomic E-state index is 0.481. The number of fused-ring (bicyclic) bond motifs is 1. The van der Waals surface area contributed by atoms with Crippen LogP contribution in [-0.2, 0) is 7.05 Å². The second kappa shape index (κ2) is 4.35. The van der Waals surface area contributed by atoms with E-state index >= 15 is 0 Å². The number of aromatic nitrogens is 2. The summed E-state index contributed by atoms with van der Waals surface area (Å²) in [4.78, 5) is 4.58. The number of nitrogens with zero attached hydrogens (tertiary/aromatic N) is 2. The molecule has 3 rings (SSSR count). The van der Waals surface area contributed by atoms with Crippen LogP contribution in [-0.4, -0.2) is 28.7 Å². The van der Waals surface area contributed by atoms with E-state index < -0.39 is 0 Å². The molecule has 0 amide bonds. The zero-order valence-electron chi connectivity index (χ0n) is 9.90. The quantitative estimate of drug-likeness (QED) is 0.733. The molecule has 1 aromatic carbocycles. The molecule has 0 aliphatic carbocycles. The van der Waals surface area contributed by atoms with Gasteiger partial charge in [-0.2, -0.15) is 0 Å². The summed E-state index contributed by atoms with van der Waals surface area (Å²) in [5.41, 5.74) is 8.56. The fraction of sp³-hybridized carbons (Fsp3) is 0.417. The summed E-state index contributed by atoms with van der Waals surface area (Å²) in [5.74, 6) is 0.930. The first-order chi connectivity index (χ1) is 8.34. The molecule has 1 aromatic heterocycles. The Morgan fingerprint density at radius 1 is 1.47 bits per heavy atom. The normalized spacial score (nSPS) is 19.9. The van der Waals surface area contributed by atoms with Gasteiger partial charge in [-0.05, 0) is 18.6 Å². The second-order valence-electron chi connectivity index (χ2n) is 4.42. The number of imidazole rings is 1. The molecule has 3 N–H and O–H groups in total. The Kier molecular flexibility index (Phi) is 2.70. The monoisotopic (exact) mass is 231 g/mol. The van der Waals surface area contributed by atoms with E-state index in [0.29, 0.717) is 6.04 Å². The van der Waals surface area contributed by atoms with E-state index in [1.165, 1.54) is 0 Å². The summed E-state index contributed by atoms with van der Waals surface area (Å²) in [6, 6.07) is 8.66. The zero-order chi connectivity index (χ0) is 11.7. The zero-order valence-corrected chi connectivity index (χ0v) is 9.90. The molecule has 2 heterocycles. The lowest BCUT2D eigenvalue weighted by atomic mass is 10.2. The van der Waals surface area contributed by atoms with Crippen molar-refractivity contribution in [2.24, 2.45) is 7.05 Å². The topological polar surface area (TPSA) is 53.9 Å². The van der Waals surface area contributed by atoms with Crippen LogP contribution in [0.4, 0.5) is 5.95 Å². The van der Waals surface area contributed by atoms with Crippen LogP contribution in [0.2, 0.25) is 0 Å². The summed E-state index contributed by atoms with van der Waals surface area (Å²) in [6.45, 7) is 1.93. The average Bonchev–Trinajstić information content (AvgIpc) is 2.96. The fourth-order valence-electron chi connectivity index (χ4n) is 2.21. The van der Waals surface area contributed by atoms with Gasteiger partial charge in [0.2, 0.25) is 5.95 Å². The highest BCUT2D eigenvalue weighted by Gasteiger charge is 2.14.